The third kappa shape index (κ3) is 4.69. The summed E-state index contributed by atoms with van der Waals surface area (Å²) in [7, 11) is 0. The highest BCUT2D eigenvalue weighted by Gasteiger charge is 2.51. The van der Waals surface area contributed by atoms with Crippen LogP contribution in [0.5, 0.6) is 0 Å². The molecule has 34 heavy (non-hydrogen) atoms. The van der Waals surface area contributed by atoms with Crippen LogP contribution in [0.4, 0.5) is 32.3 Å². The molecule has 1 atom stereocenters. The standard InChI is InChI=1S/C21H17F6N5OS/c1-11-31-16(17(34-11)13-4-2-3-5-14(13)22)18(33)32-7-6-20(23,24)15(32)10-30-19-28-8-12(9-29-19)21(25,26)27/h2-5,8-9,15H,6-7,10H2,1H3,(H,28,29,30)/t15-/m1/s1. The van der Waals surface area contributed by atoms with E-state index >= 15 is 0 Å². The van der Waals surface area contributed by atoms with Crippen molar-refractivity contribution < 1.29 is 31.1 Å². The van der Waals surface area contributed by atoms with E-state index in [0.717, 1.165) is 16.2 Å². The molecule has 0 spiro atoms. The zero-order chi connectivity index (χ0) is 24.7. The quantitative estimate of drug-likeness (QED) is 0.497. The van der Waals surface area contributed by atoms with Crippen LogP contribution in [0.15, 0.2) is 36.7 Å². The first kappa shape index (κ1) is 23.9. The highest BCUT2D eigenvalue weighted by molar-refractivity contribution is 7.15. The lowest BCUT2D eigenvalue weighted by Gasteiger charge is -2.27. The van der Waals surface area contributed by atoms with Gasteiger partial charge in [-0.05, 0) is 13.0 Å². The van der Waals surface area contributed by atoms with Gasteiger partial charge in [-0.25, -0.2) is 28.1 Å². The van der Waals surface area contributed by atoms with Crippen molar-refractivity contribution in [2.45, 2.75) is 31.5 Å². The molecule has 0 unspecified atom stereocenters. The molecule has 2 aromatic heterocycles. The molecular weight excluding hydrogens is 484 g/mol. The van der Waals surface area contributed by atoms with E-state index in [0.29, 0.717) is 17.4 Å². The van der Waals surface area contributed by atoms with Gasteiger partial charge in [-0.2, -0.15) is 13.2 Å². The summed E-state index contributed by atoms with van der Waals surface area (Å²) in [4.78, 5) is 25.6. The summed E-state index contributed by atoms with van der Waals surface area (Å²) in [5, 5.41) is 2.94. The van der Waals surface area contributed by atoms with E-state index in [1.54, 1.807) is 13.0 Å². The van der Waals surface area contributed by atoms with E-state index in [1.165, 1.54) is 18.2 Å². The molecular formula is C21H17F6N5OS. The van der Waals surface area contributed by atoms with Crippen molar-refractivity contribution in [1.82, 2.24) is 19.9 Å². The monoisotopic (exact) mass is 501 g/mol. The molecule has 1 aromatic carbocycles. The first-order valence-corrected chi connectivity index (χ1v) is 10.8. The molecule has 0 bridgehead atoms. The third-order valence-corrected chi connectivity index (χ3v) is 6.30. The minimum Gasteiger partial charge on any atom is -0.352 e. The molecule has 1 aliphatic heterocycles. The molecule has 3 heterocycles. The van der Waals surface area contributed by atoms with E-state index < -0.39 is 48.4 Å². The van der Waals surface area contributed by atoms with Crippen molar-refractivity contribution in [1.29, 1.82) is 0 Å². The molecule has 13 heteroatoms. The topological polar surface area (TPSA) is 71.0 Å². The maximum Gasteiger partial charge on any atom is 0.419 e. The van der Waals surface area contributed by atoms with Crippen LogP contribution in [0.1, 0.15) is 27.5 Å². The van der Waals surface area contributed by atoms with Crippen LogP contribution in [0.25, 0.3) is 10.4 Å². The summed E-state index contributed by atoms with van der Waals surface area (Å²) in [6.07, 6.45) is -4.19. The van der Waals surface area contributed by atoms with Crippen molar-refractivity contribution in [3.8, 4) is 10.4 Å². The van der Waals surface area contributed by atoms with Gasteiger partial charge < -0.3 is 10.2 Å². The molecule has 1 fully saturated rings. The fraction of sp³-hybridized carbons (Fsp3) is 0.333. The zero-order valence-corrected chi connectivity index (χ0v) is 18.4. The number of alkyl halides is 5. The molecule has 1 amide bonds. The average Bonchev–Trinajstić information content (AvgIpc) is 3.30. The Morgan fingerprint density at radius 1 is 1.24 bits per heavy atom. The number of rotatable bonds is 5. The predicted molar refractivity (Wildman–Crippen MR) is 112 cm³/mol. The first-order valence-electron chi connectivity index (χ1n) is 10.0. The lowest BCUT2D eigenvalue weighted by atomic mass is 10.1. The first-order chi connectivity index (χ1) is 16.0. The Kier molecular flexibility index (Phi) is 6.23. The number of benzene rings is 1. The number of halogens is 6. The van der Waals surface area contributed by atoms with Gasteiger partial charge in [-0.1, -0.05) is 18.2 Å². The number of nitrogens with zero attached hydrogens (tertiary/aromatic N) is 4. The summed E-state index contributed by atoms with van der Waals surface area (Å²) in [6.45, 7) is 0.826. The van der Waals surface area contributed by atoms with E-state index in [2.05, 4.69) is 20.3 Å². The average molecular weight is 501 g/mol. The maximum absolute atomic E-state index is 14.6. The van der Waals surface area contributed by atoms with Gasteiger partial charge in [0.25, 0.3) is 11.8 Å². The van der Waals surface area contributed by atoms with Crippen molar-refractivity contribution in [3.05, 3.63) is 58.7 Å². The zero-order valence-electron chi connectivity index (χ0n) is 17.5. The van der Waals surface area contributed by atoms with Crippen molar-refractivity contribution in [2.75, 3.05) is 18.4 Å². The lowest BCUT2D eigenvalue weighted by Crippen LogP contribution is -2.47. The minimum absolute atomic E-state index is 0.134. The van der Waals surface area contributed by atoms with Crippen LogP contribution in [0.2, 0.25) is 0 Å². The number of thiazole rings is 1. The van der Waals surface area contributed by atoms with Gasteiger partial charge >= 0.3 is 6.18 Å². The summed E-state index contributed by atoms with van der Waals surface area (Å²) in [5.74, 6) is -4.94. The maximum atomic E-state index is 14.6. The number of likely N-dealkylation sites (tertiary alicyclic amines) is 1. The van der Waals surface area contributed by atoms with Gasteiger partial charge in [0.1, 0.15) is 17.6 Å². The second-order valence-electron chi connectivity index (χ2n) is 7.59. The van der Waals surface area contributed by atoms with Gasteiger partial charge in [0.2, 0.25) is 5.95 Å². The van der Waals surface area contributed by atoms with E-state index in [9.17, 15) is 31.1 Å². The highest BCUT2D eigenvalue weighted by Crippen LogP contribution is 2.38. The lowest BCUT2D eigenvalue weighted by molar-refractivity contribution is -0.138. The van der Waals surface area contributed by atoms with Crippen LogP contribution in [0.3, 0.4) is 0 Å². The third-order valence-electron chi connectivity index (χ3n) is 5.30. The summed E-state index contributed by atoms with van der Waals surface area (Å²) in [5.41, 5.74) is -1.09. The second-order valence-corrected chi connectivity index (χ2v) is 8.79. The molecule has 6 nitrogen and oxygen atoms in total. The van der Waals surface area contributed by atoms with Crippen molar-refractivity contribution in [2.24, 2.45) is 0 Å². The Balaban J connectivity index is 1.57. The number of aromatic nitrogens is 3. The van der Waals surface area contributed by atoms with Gasteiger partial charge in [0, 0.05) is 37.5 Å². The Labute approximate surface area is 193 Å². The molecule has 1 saturated heterocycles. The Morgan fingerprint density at radius 3 is 2.56 bits per heavy atom. The largest absolute Gasteiger partial charge is 0.419 e. The number of aryl methyl sites for hydroxylation is 1. The van der Waals surface area contributed by atoms with Crippen molar-refractivity contribution >= 4 is 23.2 Å². The highest BCUT2D eigenvalue weighted by atomic mass is 32.1. The van der Waals surface area contributed by atoms with Crippen molar-refractivity contribution in [3.63, 3.8) is 0 Å². The number of carbonyl (C=O) groups excluding carboxylic acids is 1. The normalized spacial score (nSPS) is 17.7. The van der Waals surface area contributed by atoms with Gasteiger partial charge in [-0.15, -0.1) is 11.3 Å². The van der Waals surface area contributed by atoms with Crippen LogP contribution < -0.4 is 5.32 Å². The predicted octanol–water partition coefficient (Wildman–Crippen LogP) is 5.03. The van der Waals surface area contributed by atoms with Gasteiger partial charge in [-0.3, -0.25) is 4.79 Å². The van der Waals surface area contributed by atoms with Crippen LogP contribution in [-0.2, 0) is 6.18 Å². The molecule has 4 rings (SSSR count). The molecule has 0 aliphatic carbocycles. The Bertz CT molecular complexity index is 1200. The molecule has 1 aliphatic rings. The number of nitrogens with one attached hydrogen (secondary N) is 1. The number of hydrogen-bond donors (Lipinski definition) is 1. The number of hydrogen-bond acceptors (Lipinski definition) is 6. The molecule has 180 valence electrons. The number of carbonyl (C=O) groups is 1. The Hall–Kier alpha value is -3.22. The summed E-state index contributed by atoms with van der Waals surface area (Å²) >= 11 is 1.07. The van der Waals surface area contributed by atoms with E-state index in [4.69, 9.17) is 0 Å². The molecule has 1 N–H and O–H groups in total. The van der Waals surface area contributed by atoms with Crippen LogP contribution >= 0.6 is 11.3 Å². The van der Waals surface area contributed by atoms with Crippen LogP contribution in [-0.4, -0.2) is 50.8 Å². The van der Waals surface area contributed by atoms with E-state index in [-0.39, 0.29) is 28.6 Å². The number of amides is 1. The fourth-order valence-electron chi connectivity index (χ4n) is 3.61. The SMILES string of the molecule is Cc1nc(C(=O)N2CCC(F)(F)[C@H]2CNc2ncc(C(F)(F)F)cn2)c(-c2ccccc2F)s1. The smallest absolute Gasteiger partial charge is 0.352 e. The Morgan fingerprint density at radius 2 is 1.91 bits per heavy atom. The fourth-order valence-corrected chi connectivity index (χ4v) is 4.55. The van der Waals surface area contributed by atoms with E-state index in [1.807, 2.05) is 0 Å². The molecule has 0 saturated carbocycles. The van der Waals surface area contributed by atoms with Gasteiger partial charge in [0.15, 0.2) is 0 Å². The van der Waals surface area contributed by atoms with Gasteiger partial charge in [0.05, 0.1) is 15.4 Å². The minimum atomic E-state index is -4.64. The molecule has 0 radical (unpaired) electrons. The van der Waals surface area contributed by atoms with Crippen LogP contribution in [0, 0.1) is 12.7 Å². The summed E-state index contributed by atoms with van der Waals surface area (Å²) in [6, 6.07) is 4.13. The number of anilines is 1. The molecule has 3 aromatic rings. The summed E-state index contributed by atoms with van der Waals surface area (Å²) < 4.78 is 81.6. The second kappa shape index (κ2) is 8.85.